The molecule has 0 saturated heterocycles. The van der Waals surface area contributed by atoms with Crippen LogP contribution >= 0.6 is 23.2 Å². The van der Waals surface area contributed by atoms with Gasteiger partial charge < -0.3 is 10.6 Å². The second kappa shape index (κ2) is 6.94. The third-order valence-corrected chi connectivity index (χ3v) is 3.18. The summed E-state index contributed by atoms with van der Waals surface area (Å²) in [4.78, 5) is 23.6. The lowest BCUT2D eigenvalue weighted by Crippen LogP contribution is -2.29. The molecule has 0 saturated carbocycles. The van der Waals surface area contributed by atoms with Crippen molar-refractivity contribution in [2.75, 3.05) is 10.6 Å². The van der Waals surface area contributed by atoms with E-state index in [4.69, 9.17) is 28.5 Å². The minimum absolute atomic E-state index is 0.222. The van der Waals surface area contributed by atoms with Crippen LogP contribution in [0.4, 0.5) is 11.4 Å². The SMILES string of the molecule is N#Cc1cccc(NC(=O)C(=O)Nc2ccc(Cl)cc2Cl)c1. The van der Waals surface area contributed by atoms with Crippen molar-refractivity contribution in [3.8, 4) is 6.07 Å². The molecule has 2 N–H and O–H groups in total. The van der Waals surface area contributed by atoms with Crippen molar-refractivity contribution >= 4 is 46.4 Å². The Hall–Kier alpha value is -2.55. The summed E-state index contributed by atoms with van der Waals surface area (Å²) in [6.07, 6.45) is 0. The number of nitriles is 1. The van der Waals surface area contributed by atoms with Crippen LogP contribution in [-0.2, 0) is 9.59 Å². The van der Waals surface area contributed by atoms with E-state index in [0.29, 0.717) is 16.3 Å². The Morgan fingerprint density at radius 2 is 1.73 bits per heavy atom. The maximum absolute atomic E-state index is 11.8. The second-order valence-electron chi connectivity index (χ2n) is 4.23. The fraction of sp³-hybridized carbons (Fsp3) is 0. The molecule has 0 spiro atoms. The number of carbonyl (C=O) groups excluding carboxylic acids is 2. The number of hydrogen-bond donors (Lipinski definition) is 2. The highest BCUT2D eigenvalue weighted by atomic mass is 35.5. The summed E-state index contributed by atoms with van der Waals surface area (Å²) in [5, 5.41) is 14.2. The zero-order chi connectivity index (χ0) is 16.1. The molecule has 2 amide bonds. The van der Waals surface area contributed by atoms with E-state index in [-0.39, 0.29) is 10.7 Å². The second-order valence-corrected chi connectivity index (χ2v) is 5.07. The van der Waals surface area contributed by atoms with Gasteiger partial charge in [0.15, 0.2) is 0 Å². The van der Waals surface area contributed by atoms with Gasteiger partial charge in [0, 0.05) is 10.7 Å². The van der Waals surface area contributed by atoms with Crippen molar-refractivity contribution in [3.63, 3.8) is 0 Å². The molecule has 2 aromatic rings. The Bertz CT molecular complexity index is 785. The summed E-state index contributed by atoms with van der Waals surface area (Å²) < 4.78 is 0. The number of benzene rings is 2. The van der Waals surface area contributed by atoms with Crippen molar-refractivity contribution in [1.29, 1.82) is 5.26 Å². The van der Waals surface area contributed by atoms with Gasteiger partial charge in [0.05, 0.1) is 22.3 Å². The fourth-order valence-electron chi connectivity index (χ4n) is 1.62. The van der Waals surface area contributed by atoms with Gasteiger partial charge >= 0.3 is 11.8 Å². The number of anilines is 2. The molecule has 5 nitrogen and oxygen atoms in total. The smallest absolute Gasteiger partial charge is 0.314 e. The van der Waals surface area contributed by atoms with Crippen LogP contribution < -0.4 is 10.6 Å². The number of amides is 2. The Kier molecular flexibility index (Phi) is 4.99. The van der Waals surface area contributed by atoms with Crippen LogP contribution in [0.15, 0.2) is 42.5 Å². The summed E-state index contributed by atoms with van der Waals surface area (Å²) in [5.41, 5.74) is 0.998. The molecule has 110 valence electrons. The standard InChI is InChI=1S/C15H9Cl2N3O2/c16-10-4-5-13(12(17)7-10)20-15(22)14(21)19-11-3-1-2-9(6-11)8-18/h1-7H,(H,19,21)(H,20,22). The molecule has 7 heteroatoms. The molecule has 0 fully saturated rings. The average Bonchev–Trinajstić information content (AvgIpc) is 2.50. The summed E-state index contributed by atoms with van der Waals surface area (Å²) in [6, 6.07) is 12.6. The molecule has 2 aromatic carbocycles. The molecule has 0 heterocycles. The lowest BCUT2D eigenvalue weighted by molar-refractivity contribution is -0.132. The summed E-state index contributed by atoms with van der Waals surface area (Å²) in [6.45, 7) is 0. The Labute approximate surface area is 136 Å². The quantitative estimate of drug-likeness (QED) is 0.826. The molecule has 0 unspecified atom stereocenters. The number of rotatable bonds is 2. The zero-order valence-corrected chi connectivity index (χ0v) is 12.6. The van der Waals surface area contributed by atoms with Crippen LogP contribution in [0.2, 0.25) is 10.0 Å². The molecular formula is C15H9Cl2N3O2. The van der Waals surface area contributed by atoms with Gasteiger partial charge in [0.25, 0.3) is 0 Å². The van der Waals surface area contributed by atoms with Gasteiger partial charge in [-0.05, 0) is 36.4 Å². The van der Waals surface area contributed by atoms with Gasteiger partial charge in [-0.2, -0.15) is 5.26 Å². The van der Waals surface area contributed by atoms with Crippen LogP contribution in [0.5, 0.6) is 0 Å². The van der Waals surface area contributed by atoms with Gasteiger partial charge in [-0.25, -0.2) is 0 Å². The predicted octanol–water partition coefficient (Wildman–Crippen LogP) is 3.44. The van der Waals surface area contributed by atoms with E-state index in [1.165, 1.54) is 24.3 Å². The first kappa shape index (κ1) is 15.8. The van der Waals surface area contributed by atoms with Crippen LogP contribution in [-0.4, -0.2) is 11.8 Å². The largest absolute Gasteiger partial charge is 0.318 e. The van der Waals surface area contributed by atoms with Crippen molar-refractivity contribution < 1.29 is 9.59 Å². The van der Waals surface area contributed by atoms with Crippen LogP contribution in [0, 0.1) is 11.3 Å². The van der Waals surface area contributed by atoms with Gasteiger partial charge in [0.1, 0.15) is 0 Å². The minimum Gasteiger partial charge on any atom is -0.318 e. The monoisotopic (exact) mass is 333 g/mol. The van der Waals surface area contributed by atoms with Gasteiger partial charge in [0.2, 0.25) is 0 Å². The molecule has 0 aromatic heterocycles. The van der Waals surface area contributed by atoms with E-state index < -0.39 is 11.8 Å². The summed E-state index contributed by atoms with van der Waals surface area (Å²) in [5.74, 6) is -1.76. The van der Waals surface area contributed by atoms with E-state index in [0.717, 1.165) is 0 Å². The topological polar surface area (TPSA) is 82.0 Å². The number of hydrogen-bond acceptors (Lipinski definition) is 3. The van der Waals surface area contributed by atoms with Crippen LogP contribution in [0.3, 0.4) is 0 Å². The van der Waals surface area contributed by atoms with E-state index in [1.54, 1.807) is 18.2 Å². The normalized spacial score (nSPS) is 9.68. The zero-order valence-electron chi connectivity index (χ0n) is 11.1. The third kappa shape index (κ3) is 3.98. The van der Waals surface area contributed by atoms with E-state index in [2.05, 4.69) is 10.6 Å². The molecule has 22 heavy (non-hydrogen) atoms. The highest BCUT2D eigenvalue weighted by molar-refractivity contribution is 6.45. The van der Waals surface area contributed by atoms with E-state index in [9.17, 15) is 9.59 Å². The summed E-state index contributed by atoms with van der Waals surface area (Å²) in [7, 11) is 0. The van der Waals surface area contributed by atoms with E-state index >= 15 is 0 Å². The van der Waals surface area contributed by atoms with E-state index in [1.807, 2.05) is 6.07 Å². The molecule has 0 aliphatic heterocycles. The van der Waals surface area contributed by atoms with Gasteiger partial charge in [-0.3, -0.25) is 9.59 Å². The molecular weight excluding hydrogens is 325 g/mol. The van der Waals surface area contributed by atoms with Gasteiger partial charge in [-0.15, -0.1) is 0 Å². The number of nitrogens with zero attached hydrogens (tertiary/aromatic N) is 1. The molecule has 0 atom stereocenters. The van der Waals surface area contributed by atoms with Gasteiger partial charge in [-0.1, -0.05) is 29.3 Å². The van der Waals surface area contributed by atoms with Crippen molar-refractivity contribution in [1.82, 2.24) is 0 Å². The molecule has 0 bridgehead atoms. The maximum Gasteiger partial charge on any atom is 0.314 e. The van der Waals surface area contributed by atoms with Crippen LogP contribution in [0.25, 0.3) is 0 Å². The summed E-state index contributed by atoms with van der Waals surface area (Å²) >= 11 is 11.7. The predicted molar refractivity (Wildman–Crippen MR) is 84.9 cm³/mol. The van der Waals surface area contributed by atoms with Crippen molar-refractivity contribution in [2.45, 2.75) is 0 Å². The van der Waals surface area contributed by atoms with Crippen molar-refractivity contribution in [3.05, 3.63) is 58.1 Å². The van der Waals surface area contributed by atoms with Crippen LogP contribution in [0.1, 0.15) is 5.56 Å². The highest BCUT2D eigenvalue weighted by Gasteiger charge is 2.15. The molecule has 2 rings (SSSR count). The lowest BCUT2D eigenvalue weighted by atomic mass is 10.2. The van der Waals surface area contributed by atoms with Crippen molar-refractivity contribution in [2.24, 2.45) is 0 Å². The number of carbonyl (C=O) groups is 2. The first-order chi connectivity index (χ1) is 10.5. The molecule has 0 aliphatic carbocycles. The third-order valence-electron chi connectivity index (χ3n) is 2.64. The highest BCUT2D eigenvalue weighted by Crippen LogP contribution is 2.25. The Morgan fingerprint density at radius 1 is 1.00 bits per heavy atom. The molecule has 0 radical (unpaired) electrons. The lowest BCUT2D eigenvalue weighted by Gasteiger charge is -2.08. The average molecular weight is 334 g/mol. The molecule has 0 aliphatic rings. The number of halogens is 2. The first-order valence-electron chi connectivity index (χ1n) is 6.07. The Balaban J connectivity index is 2.06. The number of nitrogens with one attached hydrogen (secondary N) is 2. The Morgan fingerprint density at radius 3 is 2.41 bits per heavy atom. The minimum atomic E-state index is -0.883. The maximum atomic E-state index is 11.8. The first-order valence-corrected chi connectivity index (χ1v) is 6.83. The fourth-order valence-corrected chi connectivity index (χ4v) is 2.08.